The Hall–Kier alpha value is -2.12. The van der Waals surface area contributed by atoms with Crippen LogP contribution in [0.3, 0.4) is 0 Å². The molecule has 1 amide bonds. The summed E-state index contributed by atoms with van der Waals surface area (Å²) in [6.45, 7) is 1.76. The van der Waals surface area contributed by atoms with Crippen LogP contribution in [0.5, 0.6) is 0 Å². The third-order valence-electron chi connectivity index (χ3n) is 2.75. The molecule has 8 heteroatoms. The number of aryl methyl sites for hydroxylation is 1. The summed E-state index contributed by atoms with van der Waals surface area (Å²) in [6.07, 6.45) is 2.50. The topological polar surface area (TPSA) is 88.2 Å². The van der Waals surface area contributed by atoms with Gasteiger partial charge in [-0.25, -0.2) is 8.42 Å². The summed E-state index contributed by atoms with van der Waals surface area (Å²) in [7, 11) is -3.40. The SMILES string of the molecule is Cc1ccc(NC(=O)c2cc(Cl)ccn2)cc1NS(C)(=O)=O. The number of aromatic nitrogens is 1. The molecule has 0 saturated heterocycles. The van der Waals surface area contributed by atoms with Gasteiger partial charge in [0.05, 0.1) is 11.9 Å². The number of halogens is 1. The molecule has 0 aliphatic carbocycles. The van der Waals surface area contributed by atoms with Crippen molar-refractivity contribution in [1.82, 2.24) is 4.98 Å². The summed E-state index contributed by atoms with van der Waals surface area (Å²) in [5, 5.41) is 3.05. The average Bonchev–Trinajstić information content (AvgIpc) is 2.41. The molecule has 0 fully saturated rings. The van der Waals surface area contributed by atoms with Gasteiger partial charge in [0.1, 0.15) is 5.69 Å². The smallest absolute Gasteiger partial charge is 0.274 e. The van der Waals surface area contributed by atoms with Gasteiger partial charge < -0.3 is 5.32 Å². The number of hydrogen-bond donors (Lipinski definition) is 2. The molecular weight excluding hydrogens is 326 g/mol. The van der Waals surface area contributed by atoms with Crippen LogP contribution in [0.15, 0.2) is 36.5 Å². The van der Waals surface area contributed by atoms with Crippen molar-refractivity contribution in [3.63, 3.8) is 0 Å². The van der Waals surface area contributed by atoms with E-state index in [0.29, 0.717) is 16.4 Å². The Balaban J connectivity index is 2.23. The van der Waals surface area contributed by atoms with Crippen molar-refractivity contribution < 1.29 is 13.2 Å². The number of benzene rings is 1. The van der Waals surface area contributed by atoms with E-state index in [2.05, 4.69) is 15.0 Å². The Kier molecular flexibility index (Phi) is 4.68. The predicted molar refractivity (Wildman–Crippen MR) is 86.8 cm³/mol. The van der Waals surface area contributed by atoms with Crippen LogP contribution in [0, 0.1) is 6.92 Å². The van der Waals surface area contributed by atoms with E-state index in [1.54, 1.807) is 31.2 Å². The van der Waals surface area contributed by atoms with Gasteiger partial charge in [0.15, 0.2) is 0 Å². The van der Waals surface area contributed by atoms with Gasteiger partial charge >= 0.3 is 0 Å². The zero-order valence-electron chi connectivity index (χ0n) is 11.9. The number of sulfonamides is 1. The minimum atomic E-state index is -3.40. The number of hydrogen-bond acceptors (Lipinski definition) is 4. The van der Waals surface area contributed by atoms with Crippen LogP contribution in [-0.2, 0) is 10.0 Å². The van der Waals surface area contributed by atoms with Crippen LogP contribution in [-0.4, -0.2) is 25.6 Å². The van der Waals surface area contributed by atoms with E-state index in [0.717, 1.165) is 11.8 Å². The third kappa shape index (κ3) is 4.44. The van der Waals surface area contributed by atoms with E-state index >= 15 is 0 Å². The number of carbonyl (C=O) groups excluding carboxylic acids is 1. The quantitative estimate of drug-likeness (QED) is 0.896. The zero-order valence-corrected chi connectivity index (χ0v) is 13.5. The summed E-state index contributed by atoms with van der Waals surface area (Å²) in [6, 6.07) is 7.93. The van der Waals surface area contributed by atoms with E-state index < -0.39 is 15.9 Å². The van der Waals surface area contributed by atoms with Crippen molar-refractivity contribution in [3.05, 3.63) is 52.8 Å². The van der Waals surface area contributed by atoms with E-state index in [9.17, 15) is 13.2 Å². The fraction of sp³-hybridized carbons (Fsp3) is 0.143. The molecule has 1 aromatic carbocycles. The Morgan fingerprint density at radius 1 is 1.23 bits per heavy atom. The first-order chi connectivity index (χ1) is 10.2. The van der Waals surface area contributed by atoms with Crippen LogP contribution >= 0.6 is 11.6 Å². The van der Waals surface area contributed by atoms with Gasteiger partial charge in [-0.2, -0.15) is 0 Å². The van der Waals surface area contributed by atoms with Crippen molar-refractivity contribution >= 4 is 38.9 Å². The molecule has 0 aliphatic heterocycles. The molecule has 1 heterocycles. The lowest BCUT2D eigenvalue weighted by Crippen LogP contribution is -2.15. The maximum Gasteiger partial charge on any atom is 0.274 e. The molecular formula is C14H14ClN3O3S. The second-order valence-corrected chi connectivity index (χ2v) is 6.90. The molecule has 2 N–H and O–H groups in total. The summed E-state index contributed by atoms with van der Waals surface area (Å²) in [4.78, 5) is 16.0. The molecule has 0 spiro atoms. The van der Waals surface area contributed by atoms with Crippen LogP contribution < -0.4 is 10.0 Å². The average molecular weight is 340 g/mol. The lowest BCUT2D eigenvalue weighted by Gasteiger charge is -2.11. The highest BCUT2D eigenvalue weighted by Crippen LogP contribution is 2.21. The summed E-state index contributed by atoms with van der Waals surface area (Å²) in [5.74, 6) is -0.434. The third-order valence-corrected chi connectivity index (χ3v) is 3.57. The number of rotatable bonds is 4. The van der Waals surface area contributed by atoms with E-state index in [4.69, 9.17) is 11.6 Å². The van der Waals surface area contributed by atoms with Crippen molar-refractivity contribution in [2.24, 2.45) is 0 Å². The largest absolute Gasteiger partial charge is 0.321 e. The predicted octanol–water partition coefficient (Wildman–Crippen LogP) is 2.67. The van der Waals surface area contributed by atoms with Gasteiger partial charge in [0, 0.05) is 16.9 Å². The number of pyridine rings is 1. The monoisotopic (exact) mass is 339 g/mol. The van der Waals surface area contributed by atoms with Gasteiger partial charge in [-0.05, 0) is 36.8 Å². The maximum absolute atomic E-state index is 12.1. The number of amides is 1. The number of anilines is 2. The van der Waals surface area contributed by atoms with Crippen LogP contribution in [0.1, 0.15) is 16.1 Å². The molecule has 0 unspecified atom stereocenters. The number of nitrogens with zero attached hydrogens (tertiary/aromatic N) is 1. The minimum absolute atomic E-state index is 0.172. The molecule has 2 rings (SSSR count). The van der Waals surface area contributed by atoms with E-state index in [-0.39, 0.29) is 5.69 Å². The first kappa shape index (κ1) is 16.3. The second kappa shape index (κ2) is 6.33. The fourth-order valence-corrected chi connectivity index (χ4v) is 2.51. The molecule has 0 atom stereocenters. The standard InChI is InChI=1S/C14H14ClN3O3S/c1-9-3-4-11(8-12(9)18-22(2,20)21)17-14(19)13-7-10(15)5-6-16-13/h3-8,18H,1-2H3,(H,17,19). The highest BCUT2D eigenvalue weighted by molar-refractivity contribution is 7.92. The van der Waals surface area contributed by atoms with E-state index in [1.807, 2.05) is 0 Å². The summed E-state index contributed by atoms with van der Waals surface area (Å²) < 4.78 is 25.0. The number of carbonyl (C=O) groups is 1. The van der Waals surface area contributed by atoms with Crippen molar-refractivity contribution in [3.8, 4) is 0 Å². The van der Waals surface area contributed by atoms with Crippen molar-refractivity contribution in [2.45, 2.75) is 6.92 Å². The first-order valence-electron chi connectivity index (χ1n) is 6.26. The number of nitrogens with one attached hydrogen (secondary N) is 2. The first-order valence-corrected chi connectivity index (χ1v) is 8.53. The van der Waals surface area contributed by atoms with Crippen LogP contribution in [0.25, 0.3) is 0 Å². The van der Waals surface area contributed by atoms with Crippen molar-refractivity contribution in [2.75, 3.05) is 16.3 Å². The molecule has 0 radical (unpaired) electrons. The van der Waals surface area contributed by atoms with Gasteiger partial charge in [-0.15, -0.1) is 0 Å². The Morgan fingerprint density at radius 2 is 1.95 bits per heavy atom. The molecule has 0 aliphatic rings. The maximum atomic E-state index is 12.1. The van der Waals surface area contributed by atoms with Gasteiger partial charge in [-0.3, -0.25) is 14.5 Å². The molecule has 2 aromatic rings. The lowest BCUT2D eigenvalue weighted by atomic mass is 10.2. The second-order valence-electron chi connectivity index (χ2n) is 4.72. The van der Waals surface area contributed by atoms with Crippen LogP contribution in [0.2, 0.25) is 5.02 Å². The highest BCUT2D eigenvalue weighted by atomic mass is 35.5. The van der Waals surface area contributed by atoms with Crippen molar-refractivity contribution in [1.29, 1.82) is 0 Å². The van der Waals surface area contributed by atoms with E-state index in [1.165, 1.54) is 12.3 Å². The van der Waals surface area contributed by atoms with Gasteiger partial charge in [0.25, 0.3) is 5.91 Å². The fourth-order valence-electron chi connectivity index (χ4n) is 1.73. The van der Waals surface area contributed by atoms with Gasteiger partial charge in [-0.1, -0.05) is 17.7 Å². The molecule has 0 bridgehead atoms. The Morgan fingerprint density at radius 3 is 2.59 bits per heavy atom. The highest BCUT2D eigenvalue weighted by Gasteiger charge is 2.10. The molecule has 116 valence electrons. The van der Waals surface area contributed by atoms with Gasteiger partial charge in [0.2, 0.25) is 10.0 Å². The Bertz CT molecular complexity index is 822. The zero-order chi connectivity index (χ0) is 16.3. The van der Waals surface area contributed by atoms with Crippen LogP contribution in [0.4, 0.5) is 11.4 Å². The molecule has 22 heavy (non-hydrogen) atoms. The lowest BCUT2D eigenvalue weighted by molar-refractivity contribution is 0.102. The molecule has 6 nitrogen and oxygen atoms in total. The Labute approximate surface area is 133 Å². The normalized spacial score (nSPS) is 11.0. The summed E-state index contributed by atoms with van der Waals surface area (Å²) in [5.41, 5.74) is 1.76. The summed E-state index contributed by atoms with van der Waals surface area (Å²) >= 11 is 5.81. The minimum Gasteiger partial charge on any atom is -0.321 e. The molecule has 1 aromatic heterocycles. The molecule has 0 saturated carbocycles.